The van der Waals surface area contributed by atoms with Crippen LogP contribution in [0.1, 0.15) is 13.8 Å². The van der Waals surface area contributed by atoms with Gasteiger partial charge in [-0.1, -0.05) is 0 Å². The number of nitrogens with one attached hydrogen (secondary N) is 1. The molecule has 4 nitrogen and oxygen atoms in total. The molecule has 1 fully saturated rings. The molecule has 4 heteroatoms. The number of hydrogen-bond acceptors (Lipinski definition) is 3. The van der Waals surface area contributed by atoms with Crippen LogP contribution in [0.3, 0.4) is 0 Å². The van der Waals surface area contributed by atoms with Gasteiger partial charge in [0.15, 0.2) is 0 Å². The Kier molecular flexibility index (Phi) is 3.31. The number of aliphatic carboxylic acids is 1. The third-order valence-electron chi connectivity index (χ3n) is 2.20. The highest BCUT2D eigenvalue weighted by Crippen LogP contribution is 2.11. The van der Waals surface area contributed by atoms with Gasteiger partial charge < -0.3 is 10.4 Å². The maximum atomic E-state index is 10.1. The van der Waals surface area contributed by atoms with Crippen LogP contribution in [0.2, 0.25) is 0 Å². The fourth-order valence-corrected chi connectivity index (χ4v) is 1.30. The van der Waals surface area contributed by atoms with Gasteiger partial charge in [0, 0.05) is 31.4 Å². The second-order valence-corrected chi connectivity index (χ2v) is 3.58. The molecule has 0 aromatic heterocycles. The van der Waals surface area contributed by atoms with Gasteiger partial charge >= 0.3 is 5.97 Å². The molecule has 0 aliphatic carbocycles. The van der Waals surface area contributed by atoms with E-state index in [2.05, 4.69) is 24.1 Å². The molecule has 0 bridgehead atoms. The molecule has 0 radical (unpaired) electrons. The van der Waals surface area contributed by atoms with Gasteiger partial charge in [0.2, 0.25) is 0 Å². The fraction of sp³-hybridized carbons (Fsp3) is 0.667. The lowest BCUT2D eigenvalue weighted by molar-refractivity contribution is -0.131. The van der Waals surface area contributed by atoms with Crippen molar-refractivity contribution in [2.45, 2.75) is 25.9 Å². The summed E-state index contributed by atoms with van der Waals surface area (Å²) in [5.74, 6) is -0.910. The topological polar surface area (TPSA) is 52.6 Å². The number of likely N-dealkylation sites (tertiary alicyclic amines) is 1. The molecule has 0 unspecified atom stereocenters. The molecule has 0 spiro atoms. The van der Waals surface area contributed by atoms with Crippen molar-refractivity contribution in [2.24, 2.45) is 0 Å². The summed E-state index contributed by atoms with van der Waals surface area (Å²) in [6.07, 6.45) is 2.63. The highest BCUT2D eigenvalue weighted by molar-refractivity contribution is 5.79. The van der Waals surface area contributed by atoms with E-state index in [-0.39, 0.29) is 0 Å². The van der Waals surface area contributed by atoms with Crippen LogP contribution >= 0.6 is 0 Å². The summed E-state index contributed by atoms with van der Waals surface area (Å²) in [7, 11) is 0. The lowest BCUT2D eigenvalue weighted by atomic mass is 10.1. The Labute approximate surface area is 78.2 Å². The Balaban J connectivity index is 2.12. The van der Waals surface area contributed by atoms with Gasteiger partial charge in [-0.05, 0) is 13.8 Å². The lowest BCUT2D eigenvalue weighted by Gasteiger charge is -2.42. The van der Waals surface area contributed by atoms with Gasteiger partial charge in [-0.2, -0.15) is 0 Å². The van der Waals surface area contributed by atoms with E-state index in [0.29, 0.717) is 12.1 Å². The van der Waals surface area contributed by atoms with E-state index in [9.17, 15) is 4.79 Å². The quantitative estimate of drug-likeness (QED) is 0.616. The largest absolute Gasteiger partial charge is 0.478 e. The molecule has 0 atom stereocenters. The summed E-state index contributed by atoms with van der Waals surface area (Å²) in [5, 5.41) is 11.4. The van der Waals surface area contributed by atoms with Crippen molar-refractivity contribution in [1.29, 1.82) is 0 Å². The number of nitrogens with zero attached hydrogens (tertiary/aromatic N) is 1. The van der Waals surface area contributed by atoms with Crippen LogP contribution in [0, 0.1) is 0 Å². The normalized spacial score (nSPS) is 19.3. The summed E-state index contributed by atoms with van der Waals surface area (Å²) in [6.45, 7) is 6.32. The molecule has 1 heterocycles. The first-order valence-electron chi connectivity index (χ1n) is 4.49. The molecule has 74 valence electrons. The third kappa shape index (κ3) is 3.06. The number of carboxylic acids is 1. The summed E-state index contributed by atoms with van der Waals surface area (Å²) in [4.78, 5) is 12.4. The molecule has 13 heavy (non-hydrogen) atoms. The standard InChI is InChI=1S/C9H16N2O2/c1-7(2)11-5-8(6-11)10-4-3-9(12)13/h3-4,7-8,10H,5-6H2,1-2H3,(H,12,13)/b4-3+. The van der Waals surface area contributed by atoms with Crippen LogP contribution in [0.15, 0.2) is 12.3 Å². The van der Waals surface area contributed by atoms with Gasteiger partial charge in [0.05, 0.1) is 6.04 Å². The molecular formula is C9H16N2O2. The number of hydrogen-bond donors (Lipinski definition) is 2. The number of carbonyl (C=O) groups is 1. The van der Waals surface area contributed by atoms with Crippen LogP contribution in [-0.4, -0.2) is 41.1 Å². The zero-order chi connectivity index (χ0) is 9.84. The van der Waals surface area contributed by atoms with E-state index in [1.165, 1.54) is 6.20 Å². The van der Waals surface area contributed by atoms with Crippen molar-refractivity contribution in [3.63, 3.8) is 0 Å². The third-order valence-corrected chi connectivity index (χ3v) is 2.20. The van der Waals surface area contributed by atoms with Crippen molar-refractivity contribution in [2.75, 3.05) is 13.1 Å². The molecule has 1 aliphatic heterocycles. The SMILES string of the molecule is CC(C)N1CC(N/C=C/C(=O)O)C1. The van der Waals surface area contributed by atoms with Gasteiger partial charge in [0.25, 0.3) is 0 Å². The van der Waals surface area contributed by atoms with Crippen molar-refractivity contribution < 1.29 is 9.90 Å². The average Bonchev–Trinajstić information content (AvgIpc) is 1.92. The van der Waals surface area contributed by atoms with E-state index in [0.717, 1.165) is 19.2 Å². The van der Waals surface area contributed by atoms with E-state index >= 15 is 0 Å². The second kappa shape index (κ2) is 4.28. The van der Waals surface area contributed by atoms with Crippen LogP contribution < -0.4 is 5.32 Å². The Morgan fingerprint density at radius 1 is 1.62 bits per heavy atom. The first-order chi connectivity index (χ1) is 6.09. The van der Waals surface area contributed by atoms with Crippen LogP contribution in [-0.2, 0) is 4.79 Å². The zero-order valence-electron chi connectivity index (χ0n) is 8.03. The summed E-state index contributed by atoms with van der Waals surface area (Å²) >= 11 is 0. The summed E-state index contributed by atoms with van der Waals surface area (Å²) in [6, 6.07) is 1.000. The molecular weight excluding hydrogens is 168 g/mol. The molecule has 0 aromatic carbocycles. The predicted molar refractivity (Wildman–Crippen MR) is 50.4 cm³/mol. The smallest absolute Gasteiger partial charge is 0.329 e. The fourth-order valence-electron chi connectivity index (χ4n) is 1.30. The lowest BCUT2D eigenvalue weighted by Crippen LogP contribution is -2.58. The molecule has 0 amide bonds. The molecule has 1 saturated heterocycles. The Morgan fingerprint density at radius 3 is 2.69 bits per heavy atom. The molecule has 0 saturated carbocycles. The van der Waals surface area contributed by atoms with Crippen LogP contribution in [0.25, 0.3) is 0 Å². The Bertz CT molecular complexity index is 208. The van der Waals surface area contributed by atoms with E-state index in [1.54, 1.807) is 0 Å². The average molecular weight is 184 g/mol. The molecule has 0 aromatic rings. The maximum absolute atomic E-state index is 10.1. The van der Waals surface area contributed by atoms with Gasteiger partial charge in [-0.25, -0.2) is 4.79 Å². The Morgan fingerprint density at radius 2 is 2.23 bits per heavy atom. The van der Waals surface area contributed by atoms with Crippen molar-refractivity contribution in [3.8, 4) is 0 Å². The highest BCUT2D eigenvalue weighted by atomic mass is 16.4. The van der Waals surface area contributed by atoms with Crippen molar-refractivity contribution in [3.05, 3.63) is 12.3 Å². The molecule has 2 N–H and O–H groups in total. The van der Waals surface area contributed by atoms with Crippen LogP contribution in [0.5, 0.6) is 0 Å². The summed E-state index contributed by atoms with van der Waals surface area (Å²) in [5.41, 5.74) is 0. The minimum atomic E-state index is -0.910. The maximum Gasteiger partial charge on any atom is 0.329 e. The Hall–Kier alpha value is -1.03. The molecule has 1 aliphatic rings. The predicted octanol–water partition coefficient (Wildman–Crippen LogP) is 0.267. The first-order valence-corrected chi connectivity index (χ1v) is 4.49. The van der Waals surface area contributed by atoms with E-state index in [4.69, 9.17) is 5.11 Å². The van der Waals surface area contributed by atoms with E-state index in [1.807, 2.05) is 0 Å². The van der Waals surface area contributed by atoms with E-state index < -0.39 is 5.97 Å². The van der Waals surface area contributed by atoms with Crippen molar-refractivity contribution in [1.82, 2.24) is 10.2 Å². The second-order valence-electron chi connectivity index (χ2n) is 3.58. The summed E-state index contributed by atoms with van der Waals surface area (Å²) < 4.78 is 0. The molecule has 1 rings (SSSR count). The monoisotopic (exact) mass is 184 g/mol. The van der Waals surface area contributed by atoms with Crippen molar-refractivity contribution >= 4 is 5.97 Å². The van der Waals surface area contributed by atoms with Gasteiger partial charge in [-0.3, -0.25) is 4.90 Å². The minimum Gasteiger partial charge on any atom is -0.478 e. The first kappa shape index (κ1) is 10.1. The number of rotatable bonds is 4. The van der Waals surface area contributed by atoms with Gasteiger partial charge in [0.1, 0.15) is 0 Å². The minimum absolute atomic E-state index is 0.415. The zero-order valence-corrected chi connectivity index (χ0v) is 8.03. The number of carboxylic acid groups (broad SMARTS) is 1. The van der Waals surface area contributed by atoms with Crippen LogP contribution in [0.4, 0.5) is 0 Å². The van der Waals surface area contributed by atoms with Gasteiger partial charge in [-0.15, -0.1) is 0 Å². The highest BCUT2D eigenvalue weighted by Gasteiger charge is 2.26.